The molecule has 1 aromatic carbocycles. The van der Waals surface area contributed by atoms with Crippen molar-refractivity contribution in [3.8, 4) is 5.75 Å². The van der Waals surface area contributed by atoms with Crippen LogP contribution in [0.5, 0.6) is 5.75 Å². The highest BCUT2D eigenvalue weighted by Gasteiger charge is 2.20. The lowest BCUT2D eigenvalue weighted by Crippen LogP contribution is -2.33. The molecule has 1 aromatic rings. The molecule has 0 amide bonds. The SMILES string of the molecule is C=CCNC(N)=NCC(C)(C)c1cccc(OC)c1. The zero-order chi connectivity index (χ0) is 14.3. The van der Waals surface area contributed by atoms with Crippen molar-refractivity contribution in [2.24, 2.45) is 10.7 Å². The van der Waals surface area contributed by atoms with Crippen molar-refractivity contribution in [1.29, 1.82) is 0 Å². The van der Waals surface area contributed by atoms with Gasteiger partial charge >= 0.3 is 0 Å². The van der Waals surface area contributed by atoms with E-state index in [0.717, 1.165) is 5.75 Å². The molecule has 104 valence electrons. The molecule has 0 aliphatic carbocycles. The largest absolute Gasteiger partial charge is 0.497 e. The minimum absolute atomic E-state index is 0.102. The average Bonchev–Trinajstić information content (AvgIpc) is 2.43. The van der Waals surface area contributed by atoms with Crippen molar-refractivity contribution in [1.82, 2.24) is 5.32 Å². The van der Waals surface area contributed by atoms with Gasteiger partial charge in [-0.25, -0.2) is 0 Å². The molecule has 0 unspecified atom stereocenters. The molecule has 3 N–H and O–H groups in total. The molecule has 0 aliphatic rings. The summed E-state index contributed by atoms with van der Waals surface area (Å²) in [5.41, 5.74) is 6.84. The summed E-state index contributed by atoms with van der Waals surface area (Å²) in [4.78, 5) is 4.36. The van der Waals surface area contributed by atoms with Gasteiger partial charge in [-0.05, 0) is 17.7 Å². The van der Waals surface area contributed by atoms with Crippen LogP contribution in [0.1, 0.15) is 19.4 Å². The predicted molar refractivity (Wildman–Crippen MR) is 80.7 cm³/mol. The fourth-order valence-corrected chi connectivity index (χ4v) is 1.65. The predicted octanol–water partition coefficient (Wildman–Crippen LogP) is 2.06. The number of benzene rings is 1. The lowest BCUT2D eigenvalue weighted by atomic mass is 9.85. The summed E-state index contributed by atoms with van der Waals surface area (Å²) in [5.74, 6) is 1.29. The molecule has 0 aromatic heterocycles. The number of nitrogens with zero attached hydrogens (tertiary/aromatic N) is 1. The number of hydrogen-bond donors (Lipinski definition) is 2. The normalized spacial score (nSPS) is 12.1. The molecule has 0 bridgehead atoms. The molecule has 1 rings (SSSR count). The Morgan fingerprint density at radius 2 is 2.26 bits per heavy atom. The molecule has 0 aliphatic heterocycles. The zero-order valence-corrected chi connectivity index (χ0v) is 11.9. The summed E-state index contributed by atoms with van der Waals surface area (Å²) in [7, 11) is 1.67. The van der Waals surface area contributed by atoms with E-state index in [2.05, 4.69) is 36.8 Å². The van der Waals surface area contributed by atoms with Gasteiger partial charge in [-0.1, -0.05) is 32.1 Å². The molecule has 19 heavy (non-hydrogen) atoms. The molecule has 4 nitrogen and oxygen atoms in total. The first-order valence-electron chi connectivity index (χ1n) is 6.29. The lowest BCUT2D eigenvalue weighted by Gasteiger charge is -2.23. The van der Waals surface area contributed by atoms with Crippen LogP contribution in [0.4, 0.5) is 0 Å². The Kier molecular flexibility index (Phi) is 5.42. The van der Waals surface area contributed by atoms with Crippen LogP contribution in [0.25, 0.3) is 0 Å². The fraction of sp³-hybridized carbons (Fsp3) is 0.400. The monoisotopic (exact) mass is 261 g/mol. The third kappa shape index (κ3) is 4.66. The van der Waals surface area contributed by atoms with Crippen LogP contribution in [0.3, 0.4) is 0 Å². The third-order valence-corrected chi connectivity index (χ3v) is 2.92. The van der Waals surface area contributed by atoms with Crippen LogP contribution < -0.4 is 15.8 Å². The highest BCUT2D eigenvalue weighted by Crippen LogP contribution is 2.26. The van der Waals surface area contributed by atoms with E-state index in [1.807, 2.05) is 18.2 Å². The summed E-state index contributed by atoms with van der Waals surface area (Å²) in [6.45, 7) is 9.11. The first kappa shape index (κ1) is 15.1. The summed E-state index contributed by atoms with van der Waals surface area (Å²) in [6, 6.07) is 8.02. The molecule has 0 radical (unpaired) electrons. The van der Waals surface area contributed by atoms with Gasteiger partial charge in [0.25, 0.3) is 0 Å². The van der Waals surface area contributed by atoms with Gasteiger partial charge < -0.3 is 15.8 Å². The van der Waals surface area contributed by atoms with Crippen LogP contribution in [-0.2, 0) is 5.41 Å². The maximum absolute atomic E-state index is 5.77. The van der Waals surface area contributed by atoms with Crippen molar-refractivity contribution in [3.05, 3.63) is 42.5 Å². The maximum Gasteiger partial charge on any atom is 0.188 e. The molecule has 0 saturated carbocycles. The van der Waals surface area contributed by atoms with Crippen LogP contribution in [-0.4, -0.2) is 26.2 Å². The Hall–Kier alpha value is -1.97. The maximum atomic E-state index is 5.77. The van der Waals surface area contributed by atoms with Gasteiger partial charge in [-0.3, -0.25) is 4.99 Å². The quantitative estimate of drug-likeness (QED) is 0.468. The summed E-state index contributed by atoms with van der Waals surface area (Å²) in [6.07, 6.45) is 1.75. The number of aliphatic imine (C=N–C) groups is 1. The minimum Gasteiger partial charge on any atom is -0.497 e. The van der Waals surface area contributed by atoms with E-state index in [1.54, 1.807) is 13.2 Å². The van der Waals surface area contributed by atoms with Gasteiger partial charge in [0.1, 0.15) is 5.75 Å². The number of guanidine groups is 1. The number of nitrogens with two attached hydrogens (primary N) is 1. The Bertz CT molecular complexity index is 452. The van der Waals surface area contributed by atoms with Gasteiger partial charge in [0, 0.05) is 12.0 Å². The second-order valence-electron chi connectivity index (χ2n) is 4.99. The van der Waals surface area contributed by atoms with Crippen molar-refractivity contribution >= 4 is 5.96 Å². The fourth-order valence-electron chi connectivity index (χ4n) is 1.65. The van der Waals surface area contributed by atoms with E-state index in [-0.39, 0.29) is 5.41 Å². The number of methoxy groups -OCH3 is 1. The van der Waals surface area contributed by atoms with Crippen molar-refractivity contribution in [2.75, 3.05) is 20.2 Å². The van der Waals surface area contributed by atoms with Gasteiger partial charge in [0.15, 0.2) is 5.96 Å². The van der Waals surface area contributed by atoms with E-state index in [9.17, 15) is 0 Å². The second-order valence-corrected chi connectivity index (χ2v) is 4.99. The van der Waals surface area contributed by atoms with Crippen LogP contribution >= 0.6 is 0 Å². The molecular weight excluding hydrogens is 238 g/mol. The van der Waals surface area contributed by atoms with Crippen molar-refractivity contribution in [3.63, 3.8) is 0 Å². The molecule has 4 heteroatoms. The van der Waals surface area contributed by atoms with Gasteiger partial charge in [0.2, 0.25) is 0 Å². The van der Waals surface area contributed by atoms with E-state index < -0.39 is 0 Å². The Morgan fingerprint density at radius 3 is 2.89 bits per heavy atom. The van der Waals surface area contributed by atoms with Gasteiger partial charge in [-0.2, -0.15) is 0 Å². The van der Waals surface area contributed by atoms with E-state index in [4.69, 9.17) is 10.5 Å². The molecule has 0 spiro atoms. The lowest BCUT2D eigenvalue weighted by molar-refractivity contribution is 0.412. The Balaban J connectivity index is 2.76. The smallest absolute Gasteiger partial charge is 0.188 e. The van der Waals surface area contributed by atoms with Crippen molar-refractivity contribution < 1.29 is 4.74 Å². The number of rotatable bonds is 6. The second kappa shape index (κ2) is 6.83. The van der Waals surface area contributed by atoms with E-state index in [0.29, 0.717) is 19.0 Å². The van der Waals surface area contributed by atoms with E-state index >= 15 is 0 Å². The van der Waals surface area contributed by atoms with E-state index in [1.165, 1.54) is 5.56 Å². The summed E-state index contributed by atoms with van der Waals surface area (Å²) < 4.78 is 5.24. The minimum atomic E-state index is -0.102. The number of ether oxygens (including phenoxy) is 1. The molecule has 0 heterocycles. The van der Waals surface area contributed by atoms with Gasteiger partial charge in [0.05, 0.1) is 13.7 Å². The van der Waals surface area contributed by atoms with Crippen LogP contribution in [0.15, 0.2) is 41.9 Å². The Morgan fingerprint density at radius 1 is 1.53 bits per heavy atom. The zero-order valence-electron chi connectivity index (χ0n) is 11.9. The number of nitrogens with one attached hydrogen (secondary N) is 1. The molecular formula is C15H23N3O. The molecule has 0 saturated heterocycles. The average molecular weight is 261 g/mol. The summed E-state index contributed by atoms with van der Waals surface area (Å²) in [5, 5.41) is 2.96. The molecule has 0 fully saturated rings. The standard InChI is InChI=1S/C15H23N3O/c1-5-9-17-14(16)18-11-15(2,3)12-7-6-8-13(10-12)19-4/h5-8,10H,1,9,11H2,2-4H3,(H3,16,17,18). The van der Waals surface area contributed by atoms with Gasteiger partial charge in [-0.15, -0.1) is 6.58 Å². The first-order valence-corrected chi connectivity index (χ1v) is 6.29. The Labute approximate surface area is 115 Å². The summed E-state index contributed by atoms with van der Waals surface area (Å²) >= 11 is 0. The highest BCUT2D eigenvalue weighted by molar-refractivity contribution is 5.78. The topological polar surface area (TPSA) is 59.6 Å². The van der Waals surface area contributed by atoms with Crippen molar-refractivity contribution in [2.45, 2.75) is 19.3 Å². The highest BCUT2D eigenvalue weighted by atomic mass is 16.5. The molecule has 0 atom stereocenters. The van der Waals surface area contributed by atoms with Crippen LogP contribution in [0, 0.1) is 0 Å². The first-order chi connectivity index (χ1) is 8.99. The van der Waals surface area contributed by atoms with Crippen LogP contribution in [0.2, 0.25) is 0 Å². The number of hydrogen-bond acceptors (Lipinski definition) is 2. The third-order valence-electron chi connectivity index (χ3n) is 2.92.